The van der Waals surface area contributed by atoms with Crippen molar-refractivity contribution < 1.29 is 4.79 Å². The molecule has 0 radical (unpaired) electrons. The molecule has 1 N–H and O–H groups in total. The lowest BCUT2D eigenvalue weighted by Gasteiger charge is -2.53. The highest BCUT2D eigenvalue weighted by molar-refractivity contribution is 5.80. The molecule has 2 aromatic rings. The van der Waals surface area contributed by atoms with E-state index in [1.54, 1.807) is 0 Å². The summed E-state index contributed by atoms with van der Waals surface area (Å²) in [4.78, 5) is 22.6. The summed E-state index contributed by atoms with van der Waals surface area (Å²) in [6.07, 6.45) is 8.32. The molecule has 144 valence electrons. The van der Waals surface area contributed by atoms with E-state index in [-0.39, 0.29) is 23.9 Å². The summed E-state index contributed by atoms with van der Waals surface area (Å²) >= 11 is 0. The van der Waals surface area contributed by atoms with Crippen molar-refractivity contribution in [2.24, 2.45) is 29.6 Å². The third kappa shape index (κ3) is 2.77. The summed E-state index contributed by atoms with van der Waals surface area (Å²) in [5.41, 5.74) is 1.80. The Bertz CT molecular complexity index is 842. The fourth-order valence-electron chi connectivity index (χ4n) is 6.49. The van der Waals surface area contributed by atoms with E-state index in [4.69, 9.17) is 4.98 Å². The highest BCUT2D eigenvalue weighted by Crippen LogP contribution is 2.56. The second-order valence-corrected chi connectivity index (χ2v) is 9.47. The number of amides is 1. The Morgan fingerprint density at radius 3 is 2.41 bits per heavy atom. The molecule has 0 unspecified atom stereocenters. The number of nitrogens with one attached hydrogen (secondary N) is 1. The van der Waals surface area contributed by atoms with E-state index in [0.29, 0.717) is 11.8 Å². The van der Waals surface area contributed by atoms with Crippen LogP contribution in [-0.4, -0.2) is 20.4 Å². The third-order valence-electron chi connectivity index (χ3n) is 7.27. The van der Waals surface area contributed by atoms with Crippen molar-refractivity contribution in [2.45, 2.75) is 65.0 Å². The molecule has 0 aromatic carbocycles. The van der Waals surface area contributed by atoms with E-state index < -0.39 is 0 Å². The molecule has 1 atom stereocenters. The maximum absolute atomic E-state index is 13.2. The second-order valence-electron chi connectivity index (χ2n) is 9.47. The molecule has 0 spiro atoms. The van der Waals surface area contributed by atoms with E-state index in [2.05, 4.69) is 35.6 Å². The topological polar surface area (TPSA) is 59.8 Å². The molecule has 6 rings (SSSR count). The fraction of sp³-hybridized carbons (Fsp3) is 0.682. The monoisotopic (exact) mass is 366 g/mol. The molecule has 5 nitrogen and oxygen atoms in total. The zero-order valence-corrected chi connectivity index (χ0v) is 16.6. The average molecular weight is 367 g/mol. The van der Waals surface area contributed by atoms with Crippen LogP contribution >= 0.6 is 0 Å². The predicted octanol–water partition coefficient (Wildman–Crippen LogP) is 4.26. The van der Waals surface area contributed by atoms with Gasteiger partial charge in [-0.25, -0.2) is 9.97 Å². The van der Waals surface area contributed by atoms with Gasteiger partial charge in [0.25, 0.3) is 0 Å². The maximum atomic E-state index is 13.2. The van der Waals surface area contributed by atoms with Gasteiger partial charge in [0.2, 0.25) is 5.91 Å². The first kappa shape index (κ1) is 17.2. The number of fused-ring (bicyclic) bond motifs is 1. The van der Waals surface area contributed by atoms with Crippen LogP contribution in [0.2, 0.25) is 0 Å². The Hall–Kier alpha value is -1.91. The lowest BCUT2D eigenvalue weighted by molar-refractivity contribution is -0.138. The molecule has 4 fully saturated rings. The highest BCUT2D eigenvalue weighted by atomic mass is 16.2. The number of hydrogen-bond donors (Lipinski definition) is 1. The Balaban J connectivity index is 1.39. The van der Waals surface area contributed by atoms with Crippen LogP contribution < -0.4 is 5.32 Å². The number of nitrogens with zero attached hydrogens (tertiary/aromatic N) is 3. The van der Waals surface area contributed by atoms with Gasteiger partial charge in [0.15, 0.2) is 5.65 Å². The summed E-state index contributed by atoms with van der Waals surface area (Å²) < 4.78 is 2.16. The maximum Gasteiger partial charge on any atom is 0.224 e. The van der Waals surface area contributed by atoms with Gasteiger partial charge in [-0.3, -0.25) is 4.79 Å². The molecular weight excluding hydrogens is 336 g/mol. The molecule has 0 aliphatic heterocycles. The molecule has 2 aromatic heterocycles. The molecule has 0 saturated heterocycles. The minimum atomic E-state index is -0.105. The van der Waals surface area contributed by atoms with Crippen molar-refractivity contribution in [3.05, 3.63) is 24.2 Å². The van der Waals surface area contributed by atoms with E-state index in [1.807, 2.05) is 18.3 Å². The molecule has 1 amide bonds. The number of carbonyl (C=O) groups excluding carboxylic acids is 1. The van der Waals surface area contributed by atoms with E-state index >= 15 is 0 Å². The van der Waals surface area contributed by atoms with Crippen LogP contribution in [0.3, 0.4) is 0 Å². The van der Waals surface area contributed by atoms with Crippen LogP contribution in [0.25, 0.3) is 11.2 Å². The average Bonchev–Trinajstić information content (AvgIpc) is 3.00. The Labute approximate surface area is 161 Å². The first-order valence-corrected chi connectivity index (χ1v) is 10.6. The number of carbonyl (C=O) groups is 1. The molecule has 5 heteroatoms. The molecule has 4 saturated carbocycles. The fourth-order valence-corrected chi connectivity index (χ4v) is 6.49. The third-order valence-corrected chi connectivity index (χ3v) is 7.27. The van der Waals surface area contributed by atoms with E-state index in [1.165, 1.54) is 32.1 Å². The predicted molar refractivity (Wildman–Crippen MR) is 105 cm³/mol. The van der Waals surface area contributed by atoms with Crippen LogP contribution in [0.1, 0.15) is 70.8 Å². The van der Waals surface area contributed by atoms with Crippen LogP contribution in [0, 0.1) is 29.6 Å². The number of imidazole rings is 1. The summed E-state index contributed by atoms with van der Waals surface area (Å²) in [7, 11) is 0. The molecule has 4 aliphatic rings. The zero-order chi connectivity index (χ0) is 18.7. The highest BCUT2D eigenvalue weighted by Gasteiger charge is 2.50. The standard InChI is InChI=1S/C22H30N4O/c1-12(2)26-20(25-18-5-4-6-23-21(18)26)13(3)24-22(27)19-16-8-14-7-15(10-16)11-17(19)9-14/h4-6,12-17,19H,7-11H2,1-3H3,(H,24,27)/t13-,14?,15?,16?,17?,19?/m1/s1. The van der Waals surface area contributed by atoms with Gasteiger partial charge in [-0.2, -0.15) is 0 Å². The quantitative estimate of drug-likeness (QED) is 0.879. The van der Waals surface area contributed by atoms with Gasteiger partial charge in [-0.15, -0.1) is 0 Å². The van der Waals surface area contributed by atoms with Crippen molar-refractivity contribution in [1.29, 1.82) is 0 Å². The van der Waals surface area contributed by atoms with Crippen LogP contribution in [0.15, 0.2) is 18.3 Å². The Morgan fingerprint density at radius 1 is 1.11 bits per heavy atom. The van der Waals surface area contributed by atoms with E-state index in [9.17, 15) is 4.79 Å². The van der Waals surface area contributed by atoms with Gasteiger partial charge in [-0.1, -0.05) is 0 Å². The van der Waals surface area contributed by atoms with Crippen molar-refractivity contribution in [3.8, 4) is 0 Å². The Kier molecular flexibility index (Phi) is 4.03. The van der Waals surface area contributed by atoms with Crippen molar-refractivity contribution in [2.75, 3.05) is 0 Å². The molecule has 27 heavy (non-hydrogen) atoms. The molecule has 4 bridgehead atoms. The SMILES string of the molecule is CC(C)n1c([C@@H](C)NC(=O)C2C3CC4CC(C3)CC2C4)nc2cccnc21. The zero-order valence-electron chi connectivity index (χ0n) is 16.6. The van der Waals surface area contributed by atoms with Crippen LogP contribution in [0.5, 0.6) is 0 Å². The van der Waals surface area contributed by atoms with Gasteiger partial charge in [0.1, 0.15) is 11.3 Å². The van der Waals surface area contributed by atoms with Crippen molar-refractivity contribution >= 4 is 17.1 Å². The number of aromatic nitrogens is 3. The molecular formula is C22H30N4O. The molecule has 4 aliphatic carbocycles. The Morgan fingerprint density at radius 2 is 1.78 bits per heavy atom. The smallest absolute Gasteiger partial charge is 0.224 e. The van der Waals surface area contributed by atoms with Crippen LogP contribution in [0.4, 0.5) is 0 Å². The van der Waals surface area contributed by atoms with Gasteiger partial charge >= 0.3 is 0 Å². The minimum Gasteiger partial charge on any atom is -0.346 e. The van der Waals surface area contributed by atoms with Crippen molar-refractivity contribution in [3.63, 3.8) is 0 Å². The molecule has 2 heterocycles. The first-order chi connectivity index (χ1) is 13.0. The van der Waals surface area contributed by atoms with Gasteiger partial charge in [-0.05, 0) is 88.7 Å². The van der Waals surface area contributed by atoms with E-state index in [0.717, 1.165) is 28.8 Å². The van der Waals surface area contributed by atoms with Crippen molar-refractivity contribution in [1.82, 2.24) is 19.9 Å². The second kappa shape index (κ2) is 6.32. The van der Waals surface area contributed by atoms with Gasteiger partial charge in [0, 0.05) is 18.2 Å². The van der Waals surface area contributed by atoms with Gasteiger partial charge in [0.05, 0.1) is 6.04 Å². The number of pyridine rings is 1. The number of rotatable bonds is 4. The summed E-state index contributed by atoms with van der Waals surface area (Å²) in [5.74, 6) is 4.39. The summed E-state index contributed by atoms with van der Waals surface area (Å²) in [6, 6.07) is 4.06. The summed E-state index contributed by atoms with van der Waals surface area (Å²) in [6.45, 7) is 6.35. The van der Waals surface area contributed by atoms with Crippen LogP contribution in [-0.2, 0) is 4.79 Å². The first-order valence-electron chi connectivity index (χ1n) is 10.6. The minimum absolute atomic E-state index is 0.105. The lowest BCUT2D eigenvalue weighted by Crippen LogP contribution is -2.51. The lowest BCUT2D eigenvalue weighted by atomic mass is 9.51. The normalized spacial score (nSPS) is 33.0. The summed E-state index contributed by atoms with van der Waals surface area (Å²) in [5, 5.41) is 3.33. The largest absolute Gasteiger partial charge is 0.346 e. The number of hydrogen-bond acceptors (Lipinski definition) is 3. The van der Waals surface area contributed by atoms with Gasteiger partial charge < -0.3 is 9.88 Å².